The van der Waals surface area contributed by atoms with Crippen molar-refractivity contribution in [3.8, 4) is 5.75 Å². The first kappa shape index (κ1) is 12.7. The highest BCUT2D eigenvalue weighted by Gasteiger charge is 2.32. The van der Waals surface area contributed by atoms with Gasteiger partial charge in [0.1, 0.15) is 5.01 Å². The van der Waals surface area contributed by atoms with Crippen LogP contribution >= 0.6 is 11.3 Å². The maximum atomic E-state index is 12.2. The number of benzene rings is 1. The van der Waals surface area contributed by atoms with E-state index in [0.717, 1.165) is 5.01 Å². The van der Waals surface area contributed by atoms with Crippen LogP contribution in [0.4, 0.5) is 18.9 Å². The molecule has 96 valence electrons. The summed E-state index contributed by atoms with van der Waals surface area (Å²) >= 11 is 1.42. The first-order valence-electron chi connectivity index (χ1n) is 5.01. The van der Waals surface area contributed by atoms with Crippen LogP contribution in [0.2, 0.25) is 0 Å². The average molecular weight is 274 g/mol. The molecule has 0 aliphatic rings. The zero-order chi connectivity index (χ0) is 13.0. The van der Waals surface area contributed by atoms with Crippen molar-refractivity contribution >= 4 is 17.0 Å². The highest BCUT2D eigenvalue weighted by molar-refractivity contribution is 7.09. The van der Waals surface area contributed by atoms with Crippen molar-refractivity contribution < 1.29 is 17.9 Å². The van der Waals surface area contributed by atoms with Crippen LogP contribution in [-0.4, -0.2) is 11.3 Å². The van der Waals surface area contributed by atoms with Crippen LogP contribution in [0.25, 0.3) is 0 Å². The third-order valence-electron chi connectivity index (χ3n) is 2.03. The Hall–Kier alpha value is -1.76. The van der Waals surface area contributed by atoms with Gasteiger partial charge in [-0.2, -0.15) is 0 Å². The number of hydrogen-bond donors (Lipinski definition) is 1. The van der Waals surface area contributed by atoms with E-state index in [1.807, 2.05) is 0 Å². The van der Waals surface area contributed by atoms with Crippen LogP contribution < -0.4 is 10.1 Å². The molecule has 0 atom stereocenters. The van der Waals surface area contributed by atoms with E-state index >= 15 is 0 Å². The number of rotatable bonds is 4. The number of alkyl halides is 3. The molecular formula is C11H9F3N2OS. The van der Waals surface area contributed by atoms with Gasteiger partial charge in [0.2, 0.25) is 0 Å². The van der Waals surface area contributed by atoms with E-state index in [9.17, 15) is 13.2 Å². The number of para-hydroxylation sites is 2. The van der Waals surface area contributed by atoms with Crippen molar-refractivity contribution in [3.63, 3.8) is 0 Å². The molecular weight excluding hydrogens is 265 g/mol. The molecule has 2 aromatic rings. The van der Waals surface area contributed by atoms with Gasteiger partial charge in [-0.1, -0.05) is 12.1 Å². The molecule has 0 radical (unpaired) electrons. The molecule has 1 heterocycles. The first-order valence-corrected chi connectivity index (χ1v) is 5.89. The van der Waals surface area contributed by atoms with Crippen LogP contribution in [0.1, 0.15) is 5.01 Å². The van der Waals surface area contributed by atoms with Gasteiger partial charge in [0.25, 0.3) is 0 Å². The maximum Gasteiger partial charge on any atom is 0.573 e. The summed E-state index contributed by atoms with van der Waals surface area (Å²) in [4.78, 5) is 4.03. The van der Waals surface area contributed by atoms with Gasteiger partial charge in [-0.3, -0.25) is 0 Å². The van der Waals surface area contributed by atoms with Crippen molar-refractivity contribution in [2.75, 3.05) is 5.32 Å². The van der Waals surface area contributed by atoms with Crippen molar-refractivity contribution in [2.24, 2.45) is 0 Å². The van der Waals surface area contributed by atoms with Crippen molar-refractivity contribution in [2.45, 2.75) is 12.9 Å². The minimum absolute atomic E-state index is 0.249. The van der Waals surface area contributed by atoms with Gasteiger partial charge in [0, 0.05) is 11.6 Å². The highest BCUT2D eigenvalue weighted by atomic mass is 32.1. The summed E-state index contributed by atoms with van der Waals surface area (Å²) in [5, 5.41) is 5.45. The van der Waals surface area contributed by atoms with Crippen molar-refractivity contribution in [1.29, 1.82) is 0 Å². The van der Waals surface area contributed by atoms with Crippen LogP contribution in [0.5, 0.6) is 5.75 Å². The summed E-state index contributed by atoms with van der Waals surface area (Å²) in [5.74, 6) is -0.249. The Kier molecular flexibility index (Phi) is 3.71. The molecule has 0 spiro atoms. The van der Waals surface area contributed by atoms with E-state index in [1.54, 1.807) is 17.6 Å². The van der Waals surface area contributed by atoms with Crippen LogP contribution in [-0.2, 0) is 6.54 Å². The number of aromatic nitrogens is 1. The Bertz CT molecular complexity index is 499. The standard InChI is InChI=1S/C11H9F3N2OS/c12-11(13,14)17-9-4-2-1-3-8(9)16-7-10-15-5-6-18-10/h1-6,16H,7H2. The molecule has 0 fully saturated rings. The molecule has 1 N–H and O–H groups in total. The van der Waals surface area contributed by atoms with Gasteiger partial charge in [-0.25, -0.2) is 4.98 Å². The lowest BCUT2D eigenvalue weighted by atomic mass is 10.3. The van der Waals surface area contributed by atoms with Crippen molar-refractivity contribution in [3.05, 3.63) is 40.8 Å². The predicted molar refractivity (Wildman–Crippen MR) is 62.6 cm³/mol. The second-order valence-electron chi connectivity index (χ2n) is 3.32. The van der Waals surface area contributed by atoms with E-state index < -0.39 is 6.36 Å². The Morgan fingerprint density at radius 2 is 2.06 bits per heavy atom. The molecule has 7 heteroatoms. The number of anilines is 1. The smallest absolute Gasteiger partial charge is 0.404 e. The number of ether oxygens (including phenoxy) is 1. The lowest BCUT2D eigenvalue weighted by Crippen LogP contribution is -2.18. The fourth-order valence-electron chi connectivity index (χ4n) is 1.34. The van der Waals surface area contributed by atoms with Gasteiger partial charge < -0.3 is 10.1 Å². The van der Waals surface area contributed by atoms with Gasteiger partial charge in [0.05, 0.1) is 12.2 Å². The number of nitrogens with one attached hydrogen (secondary N) is 1. The summed E-state index contributed by atoms with van der Waals surface area (Å²) in [7, 11) is 0. The fourth-order valence-corrected chi connectivity index (χ4v) is 1.89. The third kappa shape index (κ3) is 3.63. The second-order valence-corrected chi connectivity index (χ2v) is 4.30. The molecule has 0 aliphatic heterocycles. The van der Waals surface area contributed by atoms with E-state index in [0.29, 0.717) is 6.54 Å². The fraction of sp³-hybridized carbons (Fsp3) is 0.182. The Morgan fingerprint density at radius 1 is 1.28 bits per heavy atom. The van der Waals surface area contributed by atoms with Gasteiger partial charge >= 0.3 is 6.36 Å². The molecule has 0 unspecified atom stereocenters. The van der Waals surface area contributed by atoms with Gasteiger partial charge in [-0.15, -0.1) is 24.5 Å². The predicted octanol–water partition coefficient (Wildman–Crippen LogP) is 3.65. The van der Waals surface area contributed by atoms with Crippen LogP contribution in [0.3, 0.4) is 0 Å². The quantitative estimate of drug-likeness (QED) is 0.924. The zero-order valence-corrected chi connectivity index (χ0v) is 9.89. The largest absolute Gasteiger partial charge is 0.573 e. The summed E-state index contributed by atoms with van der Waals surface area (Å²) in [5.41, 5.74) is 0.282. The molecule has 0 amide bonds. The Balaban J connectivity index is 2.07. The molecule has 0 bridgehead atoms. The normalized spacial score (nSPS) is 11.3. The van der Waals surface area contributed by atoms with E-state index in [-0.39, 0.29) is 11.4 Å². The molecule has 1 aromatic heterocycles. The number of hydrogen-bond acceptors (Lipinski definition) is 4. The lowest BCUT2D eigenvalue weighted by molar-refractivity contribution is -0.274. The van der Waals surface area contributed by atoms with Gasteiger partial charge in [-0.05, 0) is 12.1 Å². The average Bonchev–Trinajstić information content (AvgIpc) is 2.79. The van der Waals surface area contributed by atoms with Crippen molar-refractivity contribution in [1.82, 2.24) is 4.98 Å². The summed E-state index contributed by atoms with van der Waals surface area (Å²) in [6, 6.07) is 5.90. The summed E-state index contributed by atoms with van der Waals surface area (Å²) in [6.07, 6.45) is -3.06. The minimum Gasteiger partial charge on any atom is -0.404 e. The van der Waals surface area contributed by atoms with E-state index in [2.05, 4.69) is 15.0 Å². The minimum atomic E-state index is -4.70. The molecule has 18 heavy (non-hydrogen) atoms. The molecule has 0 aliphatic carbocycles. The van der Waals surface area contributed by atoms with Crippen LogP contribution in [0.15, 0.2) is 35.8 Å². The number of nitrogens with zero attached hydrogens (tertiary/aromatic N) is 1. The monoisotopic (exact) mass is 274 g/mol. The number of halogens is 3. The lowest BCUT2D eigenvalue weighted by Gasteiger charge is -2.13. The highest BCUT2D eigenvalue weighted by Crippen LogP contribution is 2.30. The summed E-state index contributed by atoms with van der Waals surface area (Å²) in [6.45, 7) is 0.357. The molecule has 3 nitrogen and oxygen atoms in total. The second kappa shape index (κ2) is 5.26. The zero-order valence-electron chi connectivity index (χ0n) is 9.07. The van der Waals surface area contributed by atoms with Gasteiger partial charge in [0.15, 0.2) is 5.75 Å². The maximum absolute atomic E-state index is 12.2. The summed E-state index contributed by atoms with van der Waals surface area (Å²) < 4.78 is 40.4. The third-order valence-corrected chi connectivity index (χ3v) is 2.81. The molecule has 2 rings (SSSR count). The molecule has 0 saturated carbocycles. The number of thiazole rings is 1. The first-order chi connectivity index (χ1) is 8.54. The topological polar surface area (TPSA) is 34.1 Å². The molecule has 0 saturated heterocycles. The van der Waals surface area contributed by atoms with E-state index in [1.165, 1.54) is 29.5 Å². The molecule has 1 aromatic carbocycles. The Morgan fingerprint density at radius 3 is 2.72 bits per heavy atom. The SMILES string of the molecule is FC(F)(F)Oc1ccccc1NCc1nccs1. The Labute approximate surface area is 105 Å². The van der Waals surface area contributed by atoms with E-state index in [4.69, 9.17) is 0 Å². The van der Waals surface area contributed by atoms with Crippen LogP contribution in [0, 0.1) is 0 Å².